The standard InChI is InChI=1S/C13H21N3O3S.ClH/c1-10(2)8-13(17)16-11-4-3-5-12(9-11)20(18,19)15-7-6-14;/h3-5,9-10,15H,6-8,14H2,1-2H3,(H,16,17);1H. The fraction of sp³-hybridized carbons (Fsp3) is 0.462. The van der Waals surface area contributed by atoms with E-state index in [1.165, 1.54) is 12.1 Å². The average Bonchev–Trinajstić information content (AvgIpc) is 2.35. The van der Waals surface area contributed by atoms with Gasteiger partial charge in [-0.2, -0.15) is 0 Å². The van der Waals surface area contributed by atoms with Crippen LogP contribution in [0.1, 0.15) is 20.3 Å². The van der Waals surface area contributed by atoms with Gasteiger partial charge < -0.3 is 11.1 Å². The lowest BCUT2D eigenvalue weighted by Gasteiger charge is -2.10. The van der Waals surface area contributed by atoms with Crippen molar-refractivity contribution in [3.05, 3.63) is 24.3 Å². The molecule has 6 nitrogen and oxygen atoms in total. The molecule has 0 aliphatic rings. The molecule has 1 amide bonds. The van der Waals surface area contributed by atoms with Gasteiger partial charge in [-0.1, -0.05) is 19.9 Å². The summed E-state index contributed by atoms with van der Waals surface area (Å²) in [5.41, 5.74) is 5.74. The fourth-order valence-corrected chi connectivity index (χ4v) is 2.69. The number of sulfonamides is 1. The van der Waals surface area contributed by atoms with E-state index in [4.69, 9.17) is 5.73 Å². The lowest BCUT2D eigenvalue weighted by molar-refractivity contribution is -0.116. The molecular weight excluding hydrogens is 314 g/mol. The van der Waals surface area contributed by atoms with Crippen molar-refractivity contribution in [2.24, 2.45) is 11.7 Å². The van der Waals surface area contributed by atoms with Gasteiger partial charge >= 0.3 is 0 Å². The molecular formula is C13H22ClN3O3S. The Kier molecular flexibility index (Phi) is 8.50. The highest BCUT2D eigenvalue weighted by atomic mass is 35.5. The van der Waals surface area contributed by atoms with E-state index in [1.807, 2.05) is 13.8 Å². The number of hydrogen-bond acceptors (Lipinski definition) is 4. The second-order valence-corrected chi connectivity index (χ2v) is 6.63. The highest BCUT2D eigenvalue weighted by Crippen LogP contribution is 2.16. The van der Waals surface area contributed by atoms with Gasteiger partial charge in [-0.25, -0.2) is 13.1 Å². The van der Waals surface area contributed by atoms with Crippen LogP contribution in [-0.2, 0) is 14.8 Å². The van der Waals surface area contributed by atoms with Crippen LogP contribution in [-0.4, -0.2) is 27.4 Å². The van der Waals surface area contributed by atoms with Gasteiger partial charge in [0.2, 0.25) is 15.9 Å². The highest BCUT2D eigenvalue weighted by Gasteiger charge is 2.14. The molecule has 0 unspecified atom stereocenters. The van der Waals surface area contributed by atoms with Crippen molar-refractivity contribution in [3.63, 3.8) is 0 Å². The Labute approximate surface area is 132 Å². The quantitative estimate of drug-likeness (QED) is 0.699. The highest BCUT2D eigenvalue weighted by molar-refractivity contribution is 7.89. The van der Waals surface area contributed by atoms with E-state index >= 15 is 0 Å². The van der Waals surface area contributed by atoms with Crippen molar-refractivity contribution in [1.29, 1.82) is 0 Å². The van der Waals surface area contributed by atoms with E-state index in [2.05, 4.69) is 10.0 Å². The van der Waals surface area contributed by atoms with Gasteiger partial charge in [-0.15, -0.1) is 12.4 Å². The number of nitrogens with one attached hydrogen (secondary N) is 2. The van der Waals surface area contributed by atoms with Crippen molar-refractivity contribution in [1.82, 2.24) is 4.72 Å². The van der Waals surface area contributed by atoms with Crippen LogP contribution < -0.4 is 15.8 Å². The van der Waals surface area contributed by atoms with Crippen molar-refractivity contribution < 1.29 is 13.2 Å². The molecule has 0 aromatic heterocycles. The number of rotatable bonds is 7. The minimum atomic E-state index is -3.59. The van der Waals surface area contributed by atoms with Crippen molar-refractivity contribution >= 4 is 34.0 Å². The molecule has 0 bridgehead atoms. The number of carbonyl (C=O) groups is 1. The van der Waals surface area contributed by atoms with Crippen LogP contribution in [0.15, 0.2) is 29.2 Å². The van der Waals surface area contributed by atoms with E-state index in [-0.39, 0.29) is 42.2 Å². The Morgan fingerprint density at radius 3 is 2.57 bits per heavy atom. The molecule has 1 aromatic carbocycles. The van der Waals surface area contributed by atoms with Gasteiger partial charge in [0.05, 0.1) is 4.90 Å². The normalized spacial score (nSPS) is 11.0. The minimum absolute atomic E-state index is 0. The maximum Gasteiger partial charge on any atom is 0.240 e. The van der Waals surface area contributed by atoms with Gasteiger partial charge in [-0.05, 0) is 24.1 Å². The summed E-state index contributed by atoms with van der Waals surface area (Å²) in [6.45, 7) is 4.28. The molecule has 0 aliphatic carbocycles. The van der Waals surface area contributed by atoms with Crippen molar-refractivity contribution in [2.45, 2.75) is 25.2 Å². The summed E-state index contributed by atoms with van der Waals surface area (Å²) >= 11 is 0. The van der Waals surface area contributed by atoms with E-state index in [0.717, 1.165) is 0 Å². The maximum absolute atomic E-state index is 11.9. The zero-order valence-corrected chi connectivity index (χ0v) is 13.8. The Morgan fingerprint density at radius 2 is 2.00 bits per heavy atom. The molecule has 0 fully saturated rings. The van der Waals surface area contributed by atoms with Crippen LogP contribution in [0.5, 0.6) is 0 Å². The molecule has 120 valence electrons. The third-order valence-electron chi connectivity index (χ3n) is 2.46. The molecule has 0 saturated heterocycles. The number of anilines is 1. The first kappa shape index (κ1) is 19.9. The first-order valence-corrected chi connectivity index (χ1v) is 7.93. The predicted octanol–water partition coefficient (Wildman–Crippen LogP) is 1.33. The number of hydrogen-bond donors (Lipinski definition) is 3. The van der Waals surface area contributed by atoms with Crippen LogP contribution >= 0.6 is 12.4 Å². The lowest BCUT2D eigenvalue weighted by Crippen LogP contribution is -2.29. The Balaban J connectivity index is 0.00000400. The summed E-state index contributed by atoms with van der Waals surface area (Å²) in [6.07, 6.45) is 0.391. The largest absolute Gasteiger partial charge is 0.329 e. The number of carbonyl (C=O) groups excluding carboxylic acids is 1. The molecule has 0 atom stereocenters. The summed E-state index contributed by atoms with van der Waals surface area (Å²) in [5, 5.41) is 2.69. The summed E-state index contributed by atoms with van der Waals surface area (Å²) < 4.78 is 26.2. The third-order valence-corrected chi connectivity index (χ3v) is 3.92. The van der Waals surface area contributed by atoms with E-state index in [9.17, 15) is 13.2 Å². The van der Waals surface area contributed by atoms with E-state index < -0.39 is 10.0 Å². The van der Waals surface area contributed by atoms with Crippen molar-refractivity contribution in [2.75, 3.05) is 18.4 Å². The Morgan fingerprint density at radius 1 is 1.33 bits per heavy atom. The molecule has 0 heterocycles. The SMILES string of the molecule is CC(C)CC(=O)Nc1cccc(S(=O)(=O)NCCN)c1.Cl. The van der Waals surface area contributed by atoms with Gasteiger partial charge in [0.1, 0.15) is 0 Å². The average molecular weight is 336 g/mol. The third kappa shape index (κ3) is 6.90. The predicted molar refractivity (Wildman–Crippen MR) is 86.0 cm³/mol. The molecule has 0 saturated carbocycles. The van der Waals surface area contributed by atoms with Crippen LogP contribution in [0.2, 0.25) is 0 Å². The maximum atomic E-state index is 11.9. The van der Waals surface area contributed by atoms with E-state index in [1.54, 1.807) is 12.1 Å². The molecule has 0 radical (unpaired) electrons. The van der Waals surface area contributed by atoms with Gasteiger partial charge in [-0.3, -0.25) is 4.79 Å². The van der Waals surface area contributed by atoms with Crippen LogP contribution in [0.25, 0.3) is 0 Å². The summed E-state index contributed by atoms with van der Waals surface area (Å²) in [5.74, 6) is 0.109. The molecule has 4 N–H and O–H groups in total. The molecule has 21 heavy (non-hydrogen) atoms. The number of halogens is 1. The molecule has 1 rings (SSSR count). The Hall–Kier alpha value is -1.15. The number of nitrogens with two attached hydrogens (primary N) is 1. The lowest BCUT2D eigenvalue weighted by atomic mass is 10.1. The minimum Gasteiger partial charge on any atom is -0.329 e. The van der Waals surface area contributed by atoms with Crippen LogP contribution in [0.3, 0.4) is 0 Å². The number of benzene rings is 1. The fourth-order valence-electron chi connectivity index (χ4n) is 1.60. The number of amides is 1. The molecule has 0 spiro atoms. The molecule has 8 heteroatoms. The second-order valence-electron chi connectivity index (χ2n) is 4.86. The molecule has 0 aliphatic heterocycles. The van der Waals surface area contributed by atoms with E-state index in [0.29, 0.717) is 12.1 Å². The van der Waals surface area contributed by atoms with Crippen LogP contribution in [0, 0.1) is 5.92 Å². The summed E-state index contributed by atoms with van der Waals surface area (Å²) in [4.78, 5) is 11.8. The topological polar surface area (TPSA) is 101 Å². The second kappa shape index (κ2) is 8.99. The monoisotopic (exact) mass is 335 g/mol. The Bertz CT molecular complexity index is 562. The first-order valence-electron chi connectivity index (χ1n) is 6.45. The van der Waals surface area contributed by atoms with Crippen LogP contribution in [0.4, 0.5) is 5.69 Å². The summed E-state index contributed by atoms with van der Waals surface area (Å²) in [6, 6.07) is 6.14. The molecule has 1 aromatic rings. The van der Waals surface area contributed by atoms with Gasteiger partial charge in [0.25, 0.3) is 0 Å². The van der Waals surface area contributed by atoms with Crippen molar-refractivity contribution in [3.8, 4) is 0 Å². The smallest absolute Gasteiger partial charge is 0.240 e. The zero-order chi connectivity index (χ0) is 15.2. The zero-order valence-electron chi connectivity index (χ0n) is 12.1. The van der Waals surface area contributed by atoms with Gasteiger partial charge in [0, 0.05) is 25.2 Å². The first-order chi connectivity index (χ1) is 9.35. The summed E-state index contributed by atoms with van der Waals surface area (Å²) in [7, 11) is -3.59. The van der Waals surface area contributed by atoms with Gasteiger partial charge in [0.15, 0.2) is 0 Å².